The Morgan fingerprint density at radius 2 is 1.97 bits per heavy atom. The normalized spacial score (nSPS) is 10.7. The highest BCUT2D eigenvalue weighted by Gasteiger charge is 2.14. The first-order valence-corrected chi connectivity index (χ1v) is 8.65. The number of aromatic nitrogens is 2. The number of nitro groups is 1. The molecular weight excluding hydrogens is 392 g/mol. The van der Waals surface area contributed by atoms with Gasteiger partial charge in [0.15, 0.2) is 6.61 Å². The number of non-ortho nitro benzene ring substituents is 1. The van der Waals surface area contributed by atoms with Crippen LogP contribution >= 0.6 is 0 Å². The third kappa shape index (κ3) is 5.13. The second kappa shape index (κ2) is 9.24. The highest BCUT2D eigenvalue weighted by atomic mass is 16.6. The minimum Gasteiger partial charge on any atom is -0.495 e. The second-order valence-corrected chi connectivity index (χ2v) is 5.91. The van der Waals surface area contributed by atoms with Crippen LogP contribution in [0.3, 0.4) is 0 Å². The minimum absolute atomic E-state index is 0.0923. The van der Waals surface area contributed by atoms with Crippen LogP contribution in [0, 0.1) is 10.1 Å². The van der Waals surface area contributed by atoms with Crippen LogP contribution in [0.1, 0.15) is 5.69 Å². The van der Waals surface area contributed by atoms with E-state index in [0.29, 0.717) is 11.2 Å². The molecule has 1 aromatic heterocycles. The molecule has 10 nitrogen and oxygen atoms in total. The largest absolute Gasteiger partial charge is 0.495 e. The van der Waals surface area contributed by atoms with Crippen molar-refractivity contribution in [1.82, 2.24) is 9.97 Å². The van der Waals surface area contributed by atoms with Gasteiger partial charge in [0.05, 0.1) is 40.6 Å². The molecule has 0 bridgehead atoms. The van der Waals surface area contributed by atoms with Gasteiger partial charge in [0, 0.05) is 18.2 Å². The van der Waals surface area contributed by atoms with Crippen LogP contribution < -0.4 is 10.1 Å². The van der Waals surface area contributed by atoms with Crippen LogP contribution in [0.15, 0.2) is 54.7 Å². The minimum atomic E-state index is -0.758. The van der Waals surface area contributed by atoms with Gasteiger partial charge in [-0.25, -0.2) is 9.78 Å². The smallest absolute Gasteiger partial charge is 0.331 e. The van der Waals surface area contributed by atoms with Crippen LogP contribution in [0.4, 0.5) is 11.4 Å². The maximum atomic E-state index is 12.0. The molecular formula is C20H16N4O6. The number of nitrogens with zero attached hydrogens (tertiary/aromatic N) is 3. The lowest BCUT2D eigenvalue weighted by Crippen LogP contribution is -2.20. The van der Waals surface area contributed by atoms with Gasteiger partial charge in [0.25, 0.3) is 11.6 Å². The van der Waals surface area contributed by atoms with Gasteiger partial charge < -0.3 is 14.8 Å². The lowest BCUT2D eigenvalue weighted by molar-refractivity contribution is -0.384. The summed E-state index contributed by atoms with van der Waals surface area (Å²) in [6.45, 7) is -0.585. The molecule has 10 heteroatoms. The Bertz CT molecular complexity index is 1150. The number of fused-ring (bicyclic) bond motifs is 1. The van der Waals surface area contributed by atoms with Gasteiger partial charge in [-0.3, -0.25) is 19.9 Å². The lowest BCUT2D eigenvalue weighted by atomic mass is 10.2. The number of para-hydroxylation sites is 2. The van der Waals surface area contributed by atoms with E-state index in [9.17, 15) is 19.7 Å². The predicted octanol–water partition coefficient (Wildman–Crippen LogP) is 2.74. The number of hydrogen-bond donors (Lipinski definition) is 1. The summed E-state index contributed by atoms with van der Waals surface area (Å²) in [5, 5.41) is 13.3. The number of methoxy groups -OCH3 is 1. The topological polar surface area (TPSA) is 134 Å². The summed E-state index contributed by atoms with van der Waals surface area (Å²) in [6, 6.07) is 11.0. The van der Waals surface area contributed by atoms with Crippen molar-refractivity contribution in [2.24, 2.45) is 0 Å². The van der Waals surface area contributed by atoms with E-state index >= 15 is 0 Å². The maximum Gasteiger partial charge on any atom is 0.331 e. The fraction of sp³-hybridized carbons (Fsp3) is 0.100. The maximum absolute atomic E-state index is 12.0. The van der Waals surface area contributed by atoms with Gasteiger partial charge in [-0.05, 0) is 24.3 Å². The third-order valence-corrected chi connectivity index (χ3v) is 3.87. The van der Waals surface area contributed by atoms with Crippen molar-refractivity contribution in [3.63, 3.8) is 0 Å². The molecule has 3 rings (SSSR count). The molecule has 0 aliphatic rings. The number of carbonyl (C=O) groups excluding carboxylic acids is 2. The molecule has 0 saturated heterocycles. The number of amides is 1. The van der Waals surface area contributed by atoms with Crippen molar-refractivity contribution in [2.45, 2.75) is 0 Å². The number of esters is 1. The summed E-state index contributed by atoms with van der Waals surface area (Å²) >= 11 is 0. The molecule has 1 heterocycles. The molecule has 0 radical (unpaired) electrons. The molecule has 1 amide bonds. The summed E-state index contributed by atoms with van der Waals surface area (Å²) in [4.78, 5) is 42.7. The summed E-state index contributed by atoms with van der Waals surface area (Å²) in [7, 11) is 1.36. The summed E-state index contributed by atoms with van der Waals surface area (Å²) < 4.78 is 9.93. The van der Waals surface area contributed by atoms with E-state index < -0.39 is 23.4 Å². The Kier molecular flexibility index (Phi) is 6.28. The predicted molar refractivity (Wildman–Crippen MR) is 108 cm³/mol. The van der Waals surface area contributed by atoms with Crippen LogP contribution in [-0.4, -0.2) is 40.5 Å². The van der Waals surface area contributed by atoms with Gasteiger partial charge in [-0.2, -0.15) is 0 Å². The highest BCUT2D eigenvalue weighted by molar-refractivity contribution is 5.96. The molecule has 0 saturated carbocycles. The zero-order valence-corrected chi connectivity index (χ0v) is 15.8. The van der Waals surface area contributed by atoms with Crippen molar-refractivity contribution in [2.75, 3.05) is 19.0 Å². The number of anilines is 1. The Morgan fingerprint density at radius 1 is 1.20 bits per heavy atom. The van der Waals surface area contributed by atoms with E-state index in [0.717, 1.165) is 17.7 Å². The van der Waals surface area contributed by atoms with Gasteiger partial charge in [0.2, 0.25) is 0 Å². The first-order valence-electron chi connectivity index (χ1n) is 8.65. The highest BCUT2D eigenvalue weighted by Crippen LogP contribution is 2.28. The Balaban J connectivity index is 1.57. The first-order chi connectivity index (χ1) is 14.5. The Hall–Kier alpha value is -4.34. The summed E-state index contributed by atoms with van der Waals surface area (Å²) in [6.07, 6.45) is 4.05. The van der Waals surface area contributed by atoms with Crippen molar-refractivity contribution in [3.8, 4) is 5.75 Å². The van der Waals surface area contributed by atoms with Crippen molar-refractivity contribution >= 4 is 40.4 Å². The van der Waals surface area contributed by atoms with E-state index in [4.69, 9.17) is 9.47 Å². The number of carbonyl (C=O) groups is 2. The number of nitrogens with one attached hydrogen (secondary N) is 1. The Labute approximate surface area is 170 Å². The number of nitro benzene ring substituents is 1. The molecule has 0 aliphatic carbocycles. The average molecular weight is 408 g/mol. The molecule has 30 heavy (non-hydrogen) atoms. The number of benzene rings is 2. The van der Waals surface area contributed by atoms with Crippen LogP contribution in [0.5, 0.6) is 5.75 Å². The number of rotatable bonds is 7. The van der Waals surface area contributed by atoms with Gasteiger partial charge in [-0.15, -0.1) is 0 Å². The quantitative estimate of drug-likeness (QED) is 0.273. The van der Waals surface area contributed by atoms with Crippen molar-refractivity contribution in [3.05, 3.63) is 70.5 Å². The molecule has 0 fully saturated rings. The fourth-order valence-corrected chi connectivity index (χ4v) is 2.48. The van der Waals surface area contributed by atoms with E-state index in [1.807, 2.05) is 18.2 Å². The van der Waals surface area contributed by atoms with E-state index in [1.165, 1.54) is 31.5 Å². The van der Waals surface area contributed by atoms with Gasteiger partial charge >= 0.3 is 5.97 Å². The molecule has 2 aromatic carbocycles. The molecule has 0 atom stereocenters. The molecule has 152 valence electrons. The first kappa shape index (κ1) is 20.4. The fourth-order valence-electron chi connectivity index (χ4n) is 2.48. The van der Waals surface area contributed by atoms with Gasteiger partial charge in [0.1, 0.15) is 5.75 Å². The van der Waals surface area contributed by atoms with Crippen molar-refractivity contribution in [1.29, 1.82) is 0 Å². The summed E-state index contributed by atoms with van der Waals surface area (Å²) in [5.74, 6) is -1.21. The lowest BCUT2D eigenvalue weighted by Gasteiger charge is -2.09. The number of ether oxygens (including phenoxy) is 2. The number of hydrogen-bond acceptors (Lipinski definition) is 8. The monoisotopic (exact) mass is 408 g/mol. The molecule has 1 N–H and O–H groups in total. The second-order valence-electron chi connectivity index (χ2n) is 5.91. The molecule has 3 aromatic rings. The zero-order valence-electron chi connectivity index (χ0n) is 15.8. The van der Waals surface area contributed by atoms with Crippen LogP contribution in [0.25, 0.3) is 17.1 Å². The SMILES string of the molecule is COc1ccc([N+](=O)[O-])cc1NC(=O)COC(=O)C=Cc1cnc2ccccc2n1. The standard InChI is InChI=1S/C20H16N4O6/c1-29-18-8-7-14(24(27)28)10-17(18)23-19(25)12-30-20(26)9-6-13-11-21-15-4-2-3-5-16(15)22-13/h2-11H,12H2,1H3,(H,23,25). The zero-order chi connectivity index (χ0) is 21.5. The van der Waals surface area contributed by atoms with E-state index in [2.05, 4.69) is 15.3 Å². The van der Waals surface area contributed by atoms with Crippen molar-refractivity contribution < 1.29 is 24.0 Å². The van der Waals surface area contributed by atoms with Crippen LogP contribution in [0.2, 0.25) is 0 Å². The Morgan fingerprint density at radius 3 is 2.70 bits per heavy atom. The van der Waals surface area contributed by atoms with Gasteiger partial charge in [-0.1, -0.05) is 12.1 Å². The molecule has 0 unspecified atom stereocenters. The molecule has 0 spiro atoms. The molecule has 0 aliphatic heterocycles. The van der Waals surface area contributed by atoms with E-state index in [1.54, 1.807) is 6.07 Å². The summed E-state index contributed by atoms with van der Waals surface area (Å²) in [5.41, 5.74) is 1.73. The third-order valence-electron chi connectivity index (χ3n) is 3.87. The van der Waals surface area contributed by atoms with E-state index in [-0.39, 0.29) is 17.1 Å². The average Bonchev–Trinajstić information content (AvgIpc) is 2.76. The van der Waals surface area contributed by atoms with Crippen LogP contribution in [-0.2, 0) is 14.3 Å².